The number of hydrogen-bond donors (Lipinski definition) is 0. The molecular weight excluding hydrogens is 281 g/mol. The second-order valence-corrected chi connectivity index (χ2v) is 5.48. The van der Waals surface area contributed by atoms with Crippen molar-refractivity contribution in [3.63, 3.8) is 0 Å². The van der Waals surface area contributed by atoms with Crippen LogP contribution in [0.3, 0.4) is 0 Å². The van der Waals surface area contributed by atoms with Crippen molar-refractivity contribution in [3.05, 3.63) is 40.4 Å². The first kappa shape index (κ1) is 17.1. The van der Waals surface area contributed by atoms with Crippen LogP contribution in [0.1, 0.15) is 13.8 Å². The fourth-order valence-electron chi connectivity index (χ4n) is 0.895. The molecule has 102 valence electrons. The summed E-state index contributed by atoms with van der Waals surface area (Å²) in [7, 11) is 0. The average molecular weight is 296 g/mol. The smallest absolute Gasteiger partial charge is 0.297 e. The molecule has 0 amide bonds. The van der Waals surface area contributed by atoms with E-state index in [2.05, 4.69) is 9.05 Å². The molecule has 0 N–H and O–H groups in total. The number of nitro groups is 1. The van der Waals surface area contributed by atoms with Crippen LogP contribution < -0.4 is 0 Å². The summed E-state index contributed by atoms with van der Waals surface area (Å²) in [6, 6.07) is 7.93. The molecule has 0 saturated heterocycles. The Balaban J connectivity index is 0.000000321. The Morgan fingerprint density at radius 3 is 1.94 bits per heavy atom. The first-order chi connectivity index (χ1) is 8.43. The molecule has 0 bridgehead atoms. The Bertz CT molecular complexity index is 391. The lowest BCUT2D eigenvalue weighted by atomic mass is 10.3. The van der Waals surface area contributed by atoms with E-state index in [-0.39, 0.29) is 5.69 Å². The van der Waals surface area contributed by atoms with Gasteiger partial charge in [-0.25, -0.2) is 4.57 Å². The van der Waals surface area contributed by atoms with E-state index in [4.69, 9.17) is 11.2 Å². The molecular formula is C10H15ClNO5P. The molecule has 0 saturated carbocycles. The van der Waals surface area contributed by atoms with Crippen molar-refractivity contribution in [1.29, 1.82) is 0 Å². The topological polar surface area (TPSA) is 78.7 Å². The van der Waals surface area contributed by atoms with Gasteiger partial charge in [0.15, 0.2) is 0 Å². The Kier molecular flexibility index (Phi) is 8.58. The van der Waals surface area contributed by atoms with E-state index in [1.54, 1.807) is 32.0 Å². The van der Waals surface area contributed by atoms with Gasteiger partial charge in [-0.2, -0.15) is 0 Å². The minimum Gasteiger partial charge on any atom is -0.297 e. The number of hydrogen-bond acceptors (Lipinski definition) is 5. The maximum Gasteiger partial charge on any atom is 0.424 e. The monoisotopic (exact) mass is 295 g/mol. The fourth-order valence-corrected chi connectivity index (χ4v) is 2.17. The molecule has 0 fully saturated rings. The van der Waals surface area contributed by atoms with Gasteiger partial charge in [0.2, 0.25) is 0 Å². The van der Waals surface area contributed by atoms with Gasteiger partial charge < -0.3 is 0 Å². The van der Waals surface area contributed by atoms with Gasteiger partial charge in [0, 0.05) is 23.4 Å². The van der Waals surface area contributed by atoms with Gasteiger partial charge in [0.1, 0.15) is 0 Å². The molecule has 0 aromatic heterocycles. The van der Waals surface area contributed by atoms with Crippen molar-refractivity contribution < 1.29 is 18.5 Å². The average Bonchev–Trinajstić information content (AvgIpc) is 2.30. The molecule has 1 aromatic carbocycles. The Morgan fingerprint density at radius 1 is 1.22 bits per heavy atom. The Hall–Kier alpha value is -0.940. The SMILES string of the molecule is CCOP(=O)(Cl)OCC.O=[N+]([O-])c1ccccc1. The van der Waals surface area contributed by atoms with E-state index >= 15 is 0 Å². The van der Waals surface area contributed by atoms with Crippen LogP contribution in [-0.4, -0.2) is 18.1 Å². The third-order valence-electron chi connectivity index (χ3n) is 1.53. The van der Waals surface area contributed by atoms with Gasteiger partial charge in [0.25, 0.3) is 5.69 Å². The van der Waals surface area contributed by atoms with Crippen LogP contribution in [0.25, 0.3) is 0 Å². The van der Waals surface area contributed by atoms with Crippen molar-refractivity contribution in [2.24, 2.45) is 0 Å². The minimum atomic E-state index is -3.22. The maximum absolute atomic E-state index is 10.7. The number of non-ortho nitro benzene ring substituents is 1. The normalized spacial score (nSPS) is 10.4. The first-order valence-electron chi connectivity index (χ1n) is 5.21. The number of rotatable bonds is 5. The van der Waals surface area contributed by atoms with E-state index in [1.807, 2.05) is 0 Å². The molecule has 0 spiro atoms. The van der Waals surface area contributed by atoms with E-state index in [0.29, 0.717) is 13.2 Å². The number of nitro benzene ring substituents is 1. The second kappa shape index (κ2) is 9.05. The zero-order chi connectivity index (χ0) is 14.0. The standard InChI is InChI=1S/C6H5NO2.C4H10ClO3P/c8-7(9)6-4-2-1-3-5-6;1-3-7-9(5,6)8-4-2/h1-5H;3-4H2,1-2H3. The molecule has 0 aliphatic heterocycles. The van der Waals surface area contributed by atoms with Crippen LogP contribution in [-0.2, 0) is 13.6 Å². The molecule has 0 atom stereocenters. The molecule has 0 heterocycles. The Morgan fingerprint density at radius 2 is 1.67 bits per heavy atom. The number of halogens is 1. The van der Waals surface area contributed by atoms with Crippen LogP contribution in [0.2, 0.25) is 0 Å². The largest absolute Gasteiger partial charge is 0.424 e. The molecule has 0 radical (unpaired) electrons. The Labute approximate surface area is 110 Å². The molecule has 18 heavy (non-hydrogen) atoms. The summed E-state index contributed by atoms with van der Waals surface area (Å²) in [4.78, 5) is 9.59. The highest BCUT2D eigenvalue weighted by molar-refractivity contribution is 7.81. The summed E-state index contributed by atoms with van der Waals surface area (Å²) in [6.07, 6.45) is 0. The number of benzene rings is 1. The summed E-state index contributed by atoms with van der Waals surface area (Å²) in [5.74, 6) is 0. The molecule has 8 heteroatoms. The summed E-state index contributed by atoms with van der Waals surface area (Å²) in [5.41, 5.74) is 0.137. The lowest BCUT2D eigenvalue weighted by Crippen LogP contribution is -1.88. The van der Waals surface area contributed by atoms with E-state index in [0.717, 1.165) is 0 Å². The molecule has 0 unspecified atom stereocenters. The zero-order valence-electron chi connectivity index (χ0n) is 10.1. The molecule has 0 aliphatic carbocycles. The number of para-hydroxylation sites is 1. The van der Waals surface area contributed by atoms with Gasteiger partial charge in [-0.15, -0.1) is 0 Å². The van der Waals surface area contributed by atoms with E-state index < -0.39 is 11.9 Å². The zero-order valence-corrected chi connectivity index (χ0v) is 11.8. The quantitative estimate of drug-likeness (QED) is 0.466. The van der Waals surface area contributed by atoms with Crippen molar-refractivity contribution in [1.82, 2.24) is 0 Å². The lowest BCUT2D eigenvalue weighted by Gasteiger charge is -2.06. The first-order valence-corrected chi connectivity index (χ1v) is 7.66. The van der Waals surface area contributed by atoms with E-state index in [1.165, 1.54) is 12.1 Å². The fraction of sp³-hybridized carbons (Fsp3) is 0.400. The van der Waals surface area contributed by atoms with Crippen molar-refractivity contribution >= 4 is 23.9 Å². The molecule has 1 aromatic rings. The van der Waals surface area contributed by atoms with Gasteiger partial charge in [-0.3, -0.25) is 19.2 Å². The maximum atomic E-state index is 10.7. The summed E-state index contributed by atoms with van der Waals surface area (Å²) in [5, 5.41) is 10.0. The lowest BCUT2D eigenvalue weighted by molar-refractivity contribution is -0.384. The highest BCUT2D eigenvalue weighted by Crippen LogP contribution is 2.53. The van der Waals surface area contributed by atoms with Crippen LogP contribution in [0.4, 0.5) is 5.69 Å². The number of nitrogens with zero attached hydrogens (tertiary/aromatic N) is 1. The van der Waals surface area contributed by atoms with Gasteiger partial charge >= 0.3 is 6.95 Å². The van der Waals surface area contributed by atoms with Crippen LogP contribution >= 0.6 is 18.2 Å². The van der Waals surface area contributed by atoms with Crippen molar-refractivity contribution in [3.8, 4) is 0 Å². The van der Waals surface area contributed by atoms with Crippen LogP contribution in [0.5, 0.6) is 0 Å². The van der Waals surface area contributed by atoms with Crippen LogP contribution in [0, 0.1) is 10.1 Å². The summed E-state index contributed by atoms with van der Waals surface area (Å²) in [6.45, 7) is 0.797. The minimum absolute atomic E-state index is 0.137. The van der Waals surface area contributed by atoms with Gasteiger partial charge in [0.05, 0.1) is 18.1 Å². The predicted molar refractivity (Wildman–Crippen MR) is 69.8 cm³/mol. The summed E-state index contributed by atoms with van der Waals surface area (Å²) >= 11 is 5.25. The molecule has 0 aliphatic rings. The van der Waals surface area contributed by atoms with Crippen LogP contribution in [0.15, 0.2) is 30.3 Å². The highest BCUT2D eigenvalue weighted by atomic mass is 35.7. The van der Waals surface area contributed by atoms with Crippen molar-refractivity contribution in [2.75, 3.05) is 13.2 Å². The predicted octanol–water partition coefficient (Wildman–Crippen LogP) is 4.00. The molecule has 1 rings (SSSR count). The van der Waals surface area contributed by atoms with Crippen molar-refractivity contribution in [2.45, 2.75) is 13.8 Å². The second-order valence-electron chi connectivity index (χ2n) is 2.86. The summed E-state index contributed by atoms with van der Waals surface area (Å²) < 4.78 is 19.9. The van der Waals surface area contributed by atoms with Gasteiger partial charge in [-0.1, -0.05) is 18.2 Å². The third-order valence-corrected chi connectivity index (χ3v) is 3.25. The van der Waals surface area contributed by atoms with Gasteiger partial charge in [-0.05, 0) is 13.8 Å². The van der Waals surface area contributed by atoms with E-state index in [9.17, 15) is 14.7 Å². The third kappa shape index (κ3) is 8.20. The highest BCUT2D eigenvalue weighted by Gasteiger charge is 2.17. The molecule has 6 nitrogen and oxygen atoms in total.